The van der Waals surface area contributed by atoms with Gasteiger partial charge in [0.15, 0.2) is 0 Å². The monoisotopic (exact) mass is 332 g/mol. The lowest BCUT2D eigenvalue weighted by atomic mass is 10.2. The summed E-state index contributed by atoms with van der Waals surface area (Å²) in [4.78, 5) is 25.8. The molecule has 1 atom stereocenters. The van der Waals surface area contributed by atoms with E-state index in [9.17, 15) is 9.59 Å². The average molecular weight is 332 g/mol. The van der Waals surface area contributed by atoms with E-state index in [-0.39, 0.29) is 31.0 Å². The van der Waals surface area contributed by atoms with Gasteiger partial charge in [-0.1, -0.05) is 0 Å². The summed E-state index contributed by atoms with van der Waals surface area (Å²) in [6, 6.07) is 6.86. The van der Waals surface area contributed by atoms with E-state index in [1.54, 1.807) is 17.0 Å². The number of hydrogen-bond acceptors (Lipinski definition) is 5. The Labute approximate surface area is 141 Å². The maximum absolute atomic E-state index is 12.3. The number of rotatable bonds is 7. The van der Waals surface area contributed by atoms with Crippen LogP contribution >= 0.6 is 0 Å². The highest BCUT2D eigenvalue weighted by molar-refractivity contribution is 5.97. The van der Waals surface area contributed by atoms with E-state index in [1.807, 2.05) is 12.1 Å². The highest BCUT2D eigenvalue weighted by Crippen LogP contribution is 2.27. The number of amides is 2. The van der Waals surface area contributed by atoms with Crippen molar-refractivity contribution in [2.24, 2.45) is 11.7 Å². The first kappa shape index (κ1) is 16.9. The Kier molecular flexibility index (Phi) is 5.44. The van der Waals surface area contributed by atoms with Gasteiger partial charge in [0.05, 0.1) is 12.6 Å². The van der Waals surface area contributed by atoms with Crippen molar-refractivity contribution in [2.75, 3.05) is 43.1 Å². The quantitative estimate of drug-likeness (QED) is 0.668. The van der Waals surface area contributed by atoms with Crippen molar-refractivity contribution in [2.45, 2.75) is 18.9 Å². The second kappa shape index (κ2) is 7.74. The molecule has 0 bridgehead atoms. The van der Waals surface area contributed by atoms with Gasteiger partial charge >= 0.3 is 0 Å². The van der Waals surface area contributed by atoms with Gasteiger partial charge in [0.25, 0.3) is 5.91 Å². The summed E-state index contributed by atoms with van der Waals surface area (Å²) >= 11 is 0. The van der Waals surface area contributed by atoms with Crippen LogP contribution in [0.15, 0.2) is 24.3 Å². The normalized spacial score (nSPS) is 19.2. The van der Waals surface area contributed by atoms with Crippen LogP contribution in [0.1, 0.15) is 12.8 Å². The second-order valence-electron chi connectivity index (χ2n) is 6.27. The molecule has 2 aliphatic rings. The SMILES string of the molecule is NC[C@H](NCC1CC1)C(=O)Nc1ccc(N2CCOCC2=O)cc1. The van der Waals surface area contributed by atoms with E-state index in [1.165, 1.54) is 12.8 Å². The summed E-state index contributed by atoms with van der Waals surface area (Å²) in [6.07, 6.45) is 2.46. The molecule has 7 nitrogen and oxygen atoms in total. The predicted molar refractivity (Wildman–Crippen MR) is 91.8 cm³/mol. The highest BCUT2D eigenvalue weighted by atomic mass is 16.5. The van der Waals surface area contributed by atoms with Gasteiger partial charge in [-0.15, -0.1) is 0 Å². The second-order valence-corrected chi connectivity index (χ2v) is 6.27. The molecule has 4 N–H and O–H groups in total. The lowest BCUT2D eigenvalue weighted by molar-refractivity contribution is -0.125. The number of nitrogens with one attached hydrogen (secondary N) is 2. The van der Waals surface area contributed by atoms with Crippen molar-refractivity contribution in [3.8, 4) is 0 Å². The minimum Gasteiger partial charge on any atom is -0.370 e. The number of nitrogens with two attached hydrogens (primary N) is 1. The zero-order valence-corrected chi connectivity index (χ0v) is 13.7. The summed E-state index contributed by atoms with van der Waals surface area (Å²) in [5, 5.41) is 6.09. The molecule has 0 aromatic heterocycles. The smallest absolute Gasteiger partial charge is 0.253 e. The van der Waals surface area contributed by atoms with Crippen LogP contribution in [0.3, 0.4) is 0 Å². The minimum atomic E-state index is -0.383. The van der Waals surface area contributed by atoms with Crippen molar-refractivity contribution < 1.29 is 14.3 Å². The molecule has 2 amide bonds. The van der Waals surface area contributed by atoms with Gasteiger partial charge in [-0.3, -0.25) is 9.59 Å². The molecule has 130 valence electrons. The molecule has 1 aromatic carbocycles. The predicted octanol–water partition coefficient (Wildman–Crippen LogP) is 0.315. The molecule has 1 saturated carbocycles. The van der Waals surface area contributed by atoms with Crippen LogP contribution in [0.5, 0.6) is 0 Å². The first-order valence-electron chi connectivity index (χ1n) is 8.40. The van der Waals surface area contributed by atoms with Crippen molar-refractivity contribution >= 4 is 23.2 Å². The highest BCUT2D eigenvalue weighted by Gasteiger charge is 2.24. The Morgan fingerprint density at radius 3 is 2.71 bits per heavy atom. The molecule has 7 heteroatoms. The van der Waals surface area contributed by atoms with Crippen LogP contribution < -0.4 is 21.3 Å². The van der Waals surface area contributed by atoms with Gasteiger partial charge in [-0.25, -0.2) is 0 Å². The molecule has 1 aromatic rings. The van der Waals surface area contributed by atoms with Gasteiger partial charge in [-0.2, -0.15) is 0 Å². The van der Waals surface area contributed by atoms with E-state index >= 15 is 0 Å². The van der Waals surface area contributed by atoms with Crippen LogP contribution in [0.25, 0.3) is 0 Å². The van der Waals surface area contributed by atoms with Gasteiger partial charge in [0.2, 0.25) is 5.91 Å². The maximum Gasteiger partial charge on any atom is 0.253 e. The molecule has 2 fully saturated rings. The average Bonchev–Trinajstić information content (AvgIpc) is 3.41. The van der Waals surface area contributed by atoms with E-state index in [2.05, 4.69) is 10.6 Å². The largest absolute Gasteiger partial charge is 0.370 e. The fourth-order valence-electron chi connectivity index (χ4n) is 2.66. The fourth-order valence-corrected chi connectivity index (χ4v) is 2.66. The van der Waals surface area contributed by atoms with Crippen molar-refractivity contribution in [1.82, 2.24) is 5.32 Å². The topological polar surface area (TPSA) is 96.7 Å². The van der Waals surface area contributed by atoms with Crippen molar-refractivity contribution in [1.29, 1.82) is 0 Å². The zero-order valence-electron chi connectivity index (χ0n) is 13.7. The molecule has 3 rings (SSSR count). The molecule has 24 heavy (non-hydrogen) atoms. The molecule has 0 radical (unpaired) electrons. The van der Waals surface area contributed by atoms with Gasteiger partial charge in [0.1, 0.15) is 6.61 Å². The number of ether oxygens (including phenoxy) is 1. The Bertz CT molecular complexity index is 586. The summed E-state index contributed by atoms with van der Waals surface area (Å²) in [7, 11) is 0. The third-order valence-electron chi connectivity index (χ3n) is 4.33. The number of carbonyl (C=O) groups is 2. The van der Waals surface area contributed by atoms with E-state index in [0.717, 1.165) is 12.2 Å². The molecule has 0 unspecified atom stereocenters. The summed E-state index contributed by atoms with van der Waals surface area (Å²) in [5.41, 5.74) is 7.19. The molecule has 1 aliphatic heterocycles. The molecule has 1 heterocycles. The maximum atomic E-state index is 12.3. The van der Waals surface area contributed by atoms with Crippen LogP contribution in [0, 0.1) is 5.92 Å². The lowest BCUT2D eigenvalue weighted by Crippen LogP contribution is -2.46. The van der Waals surface area contributed by atoms with E-state index in [4.69, 9.17) is 10.5 Å². The molecular weight excluding hydrogens is 308 g/mol. The van der Waals surface area contributed by atoms with Crippen LogP contribution in [-0.4, -0.2) is 50.7 Å². The zero-order chi connectivity index (χ0) is 16.9. The number of benzene rings is 1. The third kappa shape index (κ3) is 4.31. The molecule has 0 spiro atoms. The number of morpholine rings is 1. The first-order chi connectivity index (χ1) is 11.7. The van der Waals surface area contributed by atoms with Crippen LogP contribution in [0.2, 0.25) is 0 Å². The van der Waals surface area contributed by atoms with Gasteiger partial charge in [-0.05, 0) is 49.6 Å². The van der Waals surface area contributed by atoms with E-state index in [0.29, 0.717) is 24.8 Å². The van der Waals surface area contributed by atoms with Crippen LogP contribution in [-0.2, 0) is 14.3 Å². The summed E-state index contributed by atoms with van der Waals surface area (Å²) in [6.45, 7) is 2.30. The Morgan fingerprint density at radius 1 is 1.33 bits per heavy atom. The van der Waals surface area contributed by atoms with Crippen molar-refractivity contribution in [3.05, 3.63) is 24.3 Å². The number of anilines is 2. The molecular formula is C17H24N4O3. The van der Waals surface area contributed by atoms with E-state index < -0.39 is 0 Å². The van der Waals surface area contributed by atoms with Gasteiger partial charge < -0.3 is 26.0 Å². The number of nitrogens with zero attached hydrogens (tertiary/aromatic N) is 1. The Hall–Kier alpha value is -1.96. The fraction of sp³-hybridized carbons (Fsp3) is 0.529. The first-order valence-corrected chi connectivity index (χ1v) is 8.40. The number of carbonyl (C=O) groups excluding carboxylic acids is 2. The summed E-state index contributed by atoms with van der Waals surface area (Å²) in [5.74, 6) is 0.510. The lowest BCUT2D eigenvalue weighted by Gasteiger charge is -2.27. The van der Waals surface area contributed by atoms with Crippen LogP contribution in [0.4, 0.5) is 11.4 Å². The minimum absolute atomic E-state index is 0.0505. The van der Waals surface area contributed by atoms with Gasteiger partial charge in [0, 0.05) is 24.5 Å². The Balaban J connectivity index is 1.56. The Morgan fingerprint density at radius 2 is 2.08 bits per heavy atom. The standard InChI is InChI=1S/C17H24N4O3/c18-9-15(19-10-12-1-2-12)17(23)20-13-3-5-14(6-4-13)21-7-8-24-11-16(21)22/h3-6,12,15,19H,1-2,7-11,18H2,(H,20,23)/t15-/m0/s1. The molecule has 1 saturated heterocycles. The molecule has 1 aliphatic carbocycles. The van der Waals surface area contributed by atoms with Crippen molar-refractivity contribution in [3.63, 3.8) is 0 Å². The number of hydrogen-bond donors (Lipinski definition) is 3. The third-order valence-corrected chi connectivity index (χ3v) is 4.33. The summed E-state index contributed by atoms with van der Waals surface area (Å²) < 4.78 is 5.13.